The second kappa shape index (κ2) is 9.92. The maximum absolute atomic E-state index is 12.1. The molecule has 0 atom stereocenters. The number of nitrogens with zero attached hydrogens (tertiary/aromatic N) is 3. The topological polar surface area (TPSA) is 102 Å². The molecule has 3 rings (SSSR count). The minimum absolute atomic E-state index is 0.0524. The Morgan fingerprint density at radius 1 is 1.17 bits per heavy atom. The van der Waals surface area contributed by atoms with Crippen LogP contribution in [0.1, 0.15) is 24.7 Å². The Kier molecular flexibility index (Phi) is 7.07. The van der Waals surface area contributed by atoms with E-state index in [2.05, 4.69) is 20.8 Å². The molecule has 3 aromatic rings. The van der Waals surface area contributed by atoms with Gasteiger partial charge in [-0.2, -0.15) is 0 Å². The summed E-state index contributed by atoms with van der Waals surface area (Å²) in [4.78, 5) is 23.7. The lowest BCUT2D eigenvalue weighted by atomic mass is 10.2. The molecule has 2 aromatic heterocycles. The fourth-order valence-corrected chi connectivity index (χ4v) is 3.43. The Bertz CT molecular complexity index is 968. The van der Waals surface area contributed by atoms with E-state index in [1.165, 1.54) is 11.8 Å². The first-order valence-corrected chi connectivity index (χ1v) is 10.3. The number of thioether (sulfide) groups is 1. The van der Waals surface area contributed by atoms with Gasteiger partial charge in [0.1, 0.15) is 5.76 Å². The van der Waals surface area contributed by atoms with Gasteiger partial charge < -0.3 is 9.73 Å². The van der Waals surface area contributed by atoms with Crippen LogP contribution in [0.15, 0.2) is 52.2 Å². The highest BCUT2D eigenvalue weighted by Gasteiger charge is 2.19. The summed E-state index contributed by atoms with van der Waals surface area (Å²) in [6.07, 6.45) is 2.41. The van der Waals surface area contributed by atoms with Gasteiger partial charge in [-0.1, -0.05) is 49.0 Å². The minimum atomic E-state index is -0.488. The van der Waals surface area contributed by atoms with E-state index in [0.29, 0.717) is 24.1 Å². The van der Waals surface area contributed by atoms with Crippen molar-refractivity contribution in [1.29, 1.82) is 0 Å². The molecule has 0 spiro atoms. The van der Waals surface area contributed by atoms with Crippen LogP contribution in [0.4, 0.5) is 4.79 Å². The molecule has 2 heterocycles. The Morgan fingerprint density at radius 3 is 2.66 bits per heavy atom. The van der Waals surface area contributed by atoms with Crippen molar-refractivity contribution in [2.24, 2.45) is 0 Å². The highest BCUT2D eigenvalue weighted by Crippen LogP contribution is 2.27. The summed E-state index contributed by atoms with van der Waals surface area (Å²) in [5.74, 6) is 1.08. The van der Waals surface area contributed by atoms with Crippen LogP contribution in [0.5, 0.6) is 0 Å². The summed E-state index contributed by atoms with van der Waals surface area (Å²) >= 11 is 1.23. The summed E-state index contributed by atoms with van der Waals surface area (Å²) in [6, 6.07) is 11.3. The Balaban J connectivity index is 1.76. The number of carbonyl (C=O) groups excluding carboxylic acids is 2. The zero-order chi connectivity index (χ0) is 20.6. The van der Waals surface area contributed by atoms with Crippen LogP contribution in [0.25, 0.3) is 11.4 Å². The molecular weight excluding hydrogens is 390 g/mol. The van der Waals surface area contributed by atoms with Crippen LogP contribution in [-0.2, 0) is 11.3 Å². The molecular formula is C20H23N5O3S. The van der Waals surface area contributed by atoms with E-state index in [9.17, 15) is 9.59 Å². The molecule has 0 fully saturated rings. The quantitative estimate of drug-likeness (QED) is 0.550. The van der Waals surface area contributed by atoms with Gasteiger partial charge in [-0.05, 0) is 25.0 Å². The predicted octanol–water partition coefficient (Wildman–Crippen LogP) is 3.22. The molecule has 8 nitrogen and oxygen atoms in total. The lowest BCUT2D eigenvalue weighted by Gasteiger charge is -2.10. The van der Waals surface area contributed by atoms with Gasteiger partial charge in [-0.15, -0.1) is 10.2 Å². The molecule has 0 saturated heterocycles. The summed E-state index contributed by atoms with van der Waals surface area (Å²) in [5, 5.41) is 14.1. The van der Waals surface area contributed by atoms with Crippen molar-refractivity contribution >= 4 is 23.7 Å². The molecule has 3 amide bonds. The van der Waals surface area contributed by atoms with E-state index in [-0.39, 0.29) is 11.7 Å². The van der Waals surface area contributed by atoms with Crippen LogP contribution in [0, 0.1) is 6.92 Å². The molecule has 0 aliphatic carbocycles. The van der Waals surface area contributed by atoms with Gasteiger partial charge in [-0.3, -0.25) is 14.7 Å². The van der Waals surface area contributed by atoms with E-state index in [1.807, 2.05) is 54.8 Å². The number of benzene rings is 1. The molecule has 0 saturated carbocycles. The number of nitrogens with one attached hydrogen (secondary N) is 2. The molecule has 29 heavy (non-hydrogen) atoms. The molecule has 2 N–H and O–H groups in total. The number of amides is 3. The normalized spacial score (nSPS) is 10.7. The number of carbonyl (C=O) groups is 2. The maximum Gasteiger partial charge on any atom is 0.321 e. The van der Waals surface area contributed by atoms with Gasteiger partial charge in [0.15, 0.2) is 11.0 Å². The number of urea groups is 1. The first kappa shape index (κ1) is 20.7. The monoisotopic (exact) mass is 413 g/mol. The number of hydrogen-bond donors (Lipinski definition) is 2. The average Bonchev–Trinajstić information content (AvgIpc) is 3.31. The summed E-state index contributed by atoms with van der Waals surface area (Å²) < 4.78 is 7.36. The van der Waals surface area contributed by atoms with Crippen LogP contribution >= 0.6 is 11.8 Å². The Hall–Kier alpha value is -3.07. The smallest absolute Gasteiger partial charge is 0.321 e. The SMILES string of the molecule is CCCNC(=O)NC(=O)CSc1nnc(-c2ccoc2C)n1Cc1ccccc1. The van der Waals surface area contributed by atoms with Crippen molar-refractivity contribution in [3.63, 3.8) is 0 Å². The molecule has 1 aromatic carbocycles. The Labute approximate surface area is 173 Å². The van der Waals surface area contributed by atoms with Crippen molar-refractivity contribution in [3.8, 4) is 11.4 Å². The van der Waals surface area contributed by atoms with Crippen molar-refractivity contribution in [2.45, 2.75) is 32.0 Å². The zero-order valence-electron chi connectivity index (χ0n) is 16.3. The fourth-order valence-electron chi connectivity index (χ4n) is 2.70. The molecule has 0 radical (unpaired) electrons. The molecule has 0 aliphatic rings. The Morgan fingerprint density at radius 2 is 1.97 bits per heavy atom. The second-order valence-corrected chi connectivity index (χ2v) is 7.30. The summed E-state index contributed by atoms with van der Waals surface area (Å²) in [6.45, 7) is 4.88. The van der Waals surface area contributed by atoms with Crippen molar-refractivity contribution < 1.29 is 14.0 Å². The van der Waals surface area contributed by atoms with Crippen LogP contribution in [0.2, 0.25) is 0 Å². The van der Waals surface area contributed by atoms with Gasteiger partial charge >= 0.3 is 6.03 Å². The maximum atomic E-state index is 12.1. The van der Waals surface area contributed by atoms with Gasteiger partial charge in [0, 0.05) is 6.54 Å². The van der Waals surface area contributed by atoms with Crippen molar-refractivity contribution in [2.75, 3.05) is 12.3 Å². The first-order valence-electron chi connectivity index (χ1n) is 9.30. The van der Waals surface area contributed by atoms with Gasteiger partial charge in [0.05, 0.1) is 24.1 Å². The van der Waals surface area contributed by atoms with E-state index >= 15 is 0 Å². The number of furan rings is 1. The average molecular weight is 414 g/mol. The zero-order valence-corrected chi connectivity index (χ0v) is 17.2. The minimum Gasteiger partial charge on any atom is -0.469 e. The van der Waals surface area contributed by atoms with Crippen LogP contribution in [0.3, 0.4) is 0 Å². The van der Waals surface area contributed by atoms with Gasteiger partial charge in [-0.25, -0.2) is 4.79 Å². The summed E-state index contributed by atoms with van der Waals surface area (Å²) in [7, 11) is 0. The van der Waals surface area contributed by atoms with E-state index in [0.717, 1.165) is 23.3 Å². The summed E-state index contributed by atoms with van der Waals surface area (Å²) in [5.41, 5.74) is 1.93. The molecule has 9 heteroatoms. The fraction of sp³-hybridized carbons (Fsp3) is 0.300. The second-order valence-electron chi connectivity index (χ2n) is 6.36. The van der Waals surface area contributed by atoms with Gasteiger partial charge in [0.25, 0.3) is 0 Å². The molecule has 0 aliphatic heterocycles. The lowest BCUT2D eigenvalue weighted by Crippen LogP contribution is -2.40. The lowest BCUT2D eigenvalue weighted by molar-refractivity contribution is -0.117. The third-order valence-electron chi connectivity index (χ3n) is 4.12. The standard InChI is InChI=1S/C20H23N5O3S/c1-3-10-21-19(27)22-17(26)13-29-20-24-23-18(16-9-11-28-14(16)2)25(20)12-15-7-5-4-6-8-15/h4-9,11H,3,10,12-13H2,1-2H3,(H2,21,22,26,27). The third-order valence-corrected chi connectivity index (χ3v) is 5.09. The van der Waals surface area contributed by atoms with E-state index < -0.39 is 6.03 Å². The molecule has 0 bridgehead atoms. The van der Waals surface area contributed by atoms with Crippen molar-refractivity contribution in [3.05, 3.63) is 54.0 Å². The number of aromatic nitrogens is 3. The third kappa shape index (κ3) is 5.47. The van der Waals surface area contributed by atoms with Crippen LogP contribution < -0.4 is 10.6 Å². The number of imide groups is 1. The predicted molar refractivity (Wildman–Crippen MR) is 111 cm³/mol. The molecule has 0 unspecified atom stereocenters. The number of hydrogen-bond acceptors (Lipinski definition) is 6. The van der Waals surface area contributed by atoms with Gasteiger partial charge in [0.2, 0.25) is 5.91 Å². The number of aryl methyl sites for hydroxylation is 1. The van der Waals surface area contributed by atoms with E-state index in [4.69, 9.17) is 4.42 Å². The highest BCUT2D eigenvalue weighted by atomic mass is 32.2. The van der Waals surface area contributed by atoms with E-state index in [1.54, 1.807) is 6.26 Å². The first-order chi connectivity index (χ1) is 14.1. The van der Waals surface area contributed by atoms with Crippen LogP contribution in [-0.4, -0.2) is 39.0 Å². The van der Waals surface area contributed by atoms with Crippen molar-refractivity contribution in [1.82, 2.24) is 25.4 Å². The largest absolute Gasteiger partial charge is 0.469 e. The molecule has 152 valence electrons. The number of rotatable bonds is 8. The highest BCUT2D eigenvalue weighted by molar-refractivity contribution is 7.99.